The van der Waals surface area contributed by atoms with E-state index in [2.05, 4.69) is 9.05 Å². The van der Waals surface area contributed by atoms with Crippen molar-refractivity contribution in [2.75, 3.05) is 14.2 Å². The third-order valence-electron chi connectivity index (χ3n) is 2.05. The largest absolute Gasteiger partial charge is 0.376 e. The molecule has 0 amide bonds. The van der Waals surface area contributed by atoms with E-state index in [0.717, 1.165) is 0 Å². The van der Waals surface area contributed by atoms with Crippen LogP contribution in [0.4, 0.5) is 0 Å². The summed E-state index contributed by atoms with van der Waals surface area (Å²) in [6.07, 6.45) is 0. The Kier molecular flexibility index (Phi) is 4.80. The molecule has 1 rings (SSSR count). The molecule has 0 saturated carbocycles. The third-order valence-corrected chi connectivity index (χ3v) is 4.70. The molecule has 0 aromatic heterocycles. The molecule has 0 heterocycles. The lowest BCUT2D eigenvalue weighted by Crippen LogP contribution is -2.02. The second kappa shape index (κ2) is 5.50. The summed E-state index contributed by atoms with van der Waals surface area (Å²) in [6, 6.07) is 4.42. The Hall–Kier alpha value is -0.0900. The topological polar surface area (TPSA) is 55.8 Å². The Morgan fingerprint density at radius 1 is 1.25 bits per heavy atom. The second-order valence-corrected chi connectivity index (χ2v) is 6.07. The van der Waals surface area contributed by atoms with Crippen molar-refractivity contribution in [2.24, 2.45) is 0 Å². The summed E-state index contributed by atoms with van der Waals surface area (Å²) in [7, 11) is -1.18. The number of rotatable bonds is 4. The van der Waals surface area contributed by atoms with Crippen molar-refractivity contribution >= 4 is 30.8 Å². The zero-order valence-electron chi connectivity index (χ0n) is 8.68. The lowest BCUT2D eigenvalue weighted by molar-refractivity contribution is 0.176. The number of aliphatic hydroxyl groups is 1. The summed E-state index contributed by atoms with van der Waals surface area (Å²) < 4.78 is 21.2. The first-order valence-corrected chi connectivity index (χ1v) is 6.65. The third kappa shape index (κ3) is 2.77. The predicted molar refractivity (Wildman–Crippen MR) is 63.0 cm³/mol. The van der Waals surface area contributed by atoms with E-state index in [0.29, 0.717) is 10.6 Å². The van der Waals surface area contributed by atoms with Gasteiger partial charge in [0.1, 0.15) is 0 Å². The van der Waals surface area contributed by atoms with Crippen LogP contribution < -0.4 is 0 Å². The van der Waals surface area contributed by atoms with Crippen molar-refractivity contribution < 1.29 is 18.7 Å². The molecule has 90 valence electrons. The van der Waals surface area contributed by atoms with Crippen molar-refractivity contribution in [1.29, 1.82) is 0 Å². The van der Waals surface area contributed by atoms with Gasteiger partial charge in [0.05, 0.1) is 10.0 Å². The fraction of sp³-hybridized carbons (Fsp3) is 0.333. The SMILES string of the molecule is COP(=O)(OC)C(O)c1ccc(Cl)c(Cl)c1. The number of hydrogen-bond acceptors (Lipinski definition) is 4. The molecule has 7 heteroatoms. The van der Waals surface area contributed by atoms with Gasteiger partial charge in [0.25, 0.3) is 0 Å². The quantitative estimate of drug-likeness (QED) is 0.860. The molecule has 1 aromatic rings. The van der Waals surface area contributed by atoms with E-state index in [1.807, 2.05) is 0 Å². The highest BCUT2D eigenvalue weighted by molar-refractivity contribution is 7.54. The van der Waals surface area contributed by atoms with E-state index in [-0.39, 0.29) is 5.02 Å². The molecule has 0 spiro atoms. The number of hydrogen-bond donors (Lipinski definition) is 1. The van der Waals surface area contributed by atoms with Crippen LogP contribution in [0.5, 0.6) is 0 Å². The summed E-state index contributed by atoms with van der Waals surface area (Å²) in [6.45, 7) is 0. The van der Waals surface area contributed by atoms with Gasteiger partial charge in [-0.1, -0.05) is 29.3 Å². The minimum atomic E-state index is -3.58. The Balaban J connectivity index is 3.09. The Morgan fingerprint density at radius 2 is 1.81 bits per heavy atom. The van der Waals surface area contributed by atoms with Crippen molar-refractivity contribution in [3.63, 3.8) is 0 Å². The van der Waals surface area contributed by atoms with Gasteiger partial charge in [0.15, 0.2) is 5.85 Å². The molecular weight excluding hydrogens is 274 g/mol. The highest BCUT2D eigenvalue weighted by Gasteiger charge is 2.33. The maximum Gasteiger partial charge on any atom is 0.362 e. The van der Waals surface area contributed by atoms with Crippen LogP contribution in [0.1, 0.15) is 11.4 Å². The minimum Gasteiger partial charge on any atom is -0.376 e. The zero-order chi connectivity index (χ0) is 12.3. The van der Waals surface area contributed by atoms with E-state index >= 15 is 0 Å². The van der Waals surface area contributed by atoms with Gasteiger partial charge in [-0.3, -0.25) is 4.57 Å². The van der Waals surface area contributed by atoms with Crippen LogP contribution in [0.2, 0.25) is 10.0 Å². The molecule has 0 radical (unpaired) electrons. The van der Waals surface area contributed by atoms with Gasteiger partial charge in [0, 0.05) is 14.2 Å². The van der Waals surface area contributed by atoms with Crippen molar-refractivity contribution in [1.82, 2.24) is 0 Å². The number of benzene rings is 1. The minimum absolute atomic E-state index is 0.261. The second-order valence-electron chi connectivity index (χ2n) is 2.95. The van der Waals surface area contributed by atoms with Crippen LogP contribution in [0.3, 0.4) is 0 Å². The highest BCUT2D eigenvalue weighted by Crippen LogP contribution is 2.58. The lowest BCUT2D eigenvalue weighted by atomic mass is 10.2. The molecule has 16 heavy (non-hydrogen) atoms. The molecular formula is C9H11Cl2O4P. The number of halogens is 2. The summed E-state index contributed by atoms with van der Waals surface area (Å²) >= 11 is 11.5. The fourth-order valence-electron chi connectivity index (χ4n) is 1.13. The first-order valence-electron chi connectivity index (χ1n) is 4.29. The van der Waals surface area contributed by atoms with Gasteiger partial charge in [-0.05, 0) is 17.7 Å². The molecule has 0 aliphatic carbocycles. The normalized spacial score (nSPS) is 13.8. The van der Waals surface area contributed by atoms with E-state index in [4.69, 9.17) is 23.2 Å². The van der Waals surface area contributed by atoms with Crippen LogP contribution in [0.15, 0.2) is 18.2 Å². The Morgan fingerprint density at radius 3 is 2.25 bits per heavy atom. The highest BCUT2D eigenvalue weighted by atomic mass is 35.5. The van der Waals surface area contributed by atoms with Crippen LogP contribution >= 0.6 is 30.8 Å². The monoisotopic (exact) mass is 284 g/mol. The summed E-state index contributed by atoms with van der Waals surface area (Å²) in [5, 5.41) is 10.5. The molecule has 1 aromatic carbocycles. The van der Waals surface area contributed by atoms with Gasteiger partial charge in [-0.15, -0.1) is 0 Å². The van der Waals surface area contributed by atoms with Gasteiger partial charge in [-0.25, -0.2) is 0 Å². The zero-order valence-corrected chi connectivity index (χ0v) is 11.1. The van der Waals surface area contributed by atoms with E-state index < -0.39 is 13.4 Å². The summed E-state index contributed by atoms with van der Waals surface area (Å²) in [4.78, 5) is 0. The molecule has 1 unspecified atom stereocenters. The summed E-state index contributed by atoms with van der Waals surface area (Å²) in [5.41, 5.74) is 0.321. The molecule has 0 aliphatic rings. The molecule has 4 nitrogen and oxygen atoms in total. The van der Waals surface area contributed by atoms with Crippen LogP contribution in [0.25, 0.3) is 0 Å². The Bertz CT molecular complexity index is 416. The number of aliphatic hydroxyl groups excluding tert-OH is 1. The van der Waals surface area contributed by atoms with Crippen LogP contribution in [-0.2, 0) is 13.6 Å². The first kappa shape index (κ1) is 14.0. The van der Waals surface area contributed by atoms with E-state index in [9.17, 15) is 9.67 Å². The molecule has 0 bridgehead atoms. The molecule has 0 saturated heterocycles. The molecule has 0 aliphatic heterocycles. The van der Waals surface area contributed by atoms with Crippen molar-refractivity contribution in [3.05, 3.63) is 33.8 Å². The average molecular weight is 285 g/mol. The van der Waals surface area contributed by atoms with E-state index in [1.165, 1.54) is 32.4 Å². The first-order chi connectivity index (χ1) is 7.44. The van der Waals surface area contributed by atoms with Gasteiger partial charge >= 0.3 is 7.60 Å². The summed E-state index contributed by atoms with van der Waals surface area (Å²) in [5.74, 6) is -1.39. The van der Waals surface area contributed by atoms with Gasteiger partial charge in [0.2, 0.25) is 0 Å². The lowest BCUT2D eigenvalue weighted by Gasteiger charge is -2.20. The van der Waals surface area contributed by atoms with Gasteiger partial charge < -0.3 is 14.2 Å². The average Bonchev–Trinajstić information content (AvgIpc) is 2.30. The van der Waals surface area contributed by atoms with E-state index in [1.54, 1.807) is 0 Å². The Labute approximate surface area is 104 Å². The molecule has 0 fully saturated rings. The molecule has 1 N–H and O–H groups in total. The maximum atomic E-state index is 11.9. The predicted octanol–water partition coefficient (Wildman–Crippen LogP) is 3.47. The van der Waals surface area contributed by atoms with Crippen LogP contribution in [0, 0.1) is 0 Å². The van der Waals surface area contributed by atoms with Gasteiger partial charge in [-0.2, -0.15) is 0 Å². The standard InChI is InChI=1S/C9H11Cl2O4P/c1-14-16(13,15-2)9(12)6-3-4-7(10)8(11)5-6/h3-5,9,12H,1-2H3. The van der Waals surface area contributed by atoms with Crippen molar-refractivity contribution in [3.8, 4) is 0 Å². The smallest absolute Gasteiger partial charge is 0.362 e. The van der Waals surface area contributed by atoms with Crippen molar-refractivity contribution in [2.45, 2.75) is 5.85 Å². The fourth-order valence-corrected chi connectivity index (χ4v) is 2.51. The maximum absolute atomic E-state index is 11.9. The molecule has 1 atom stereocenters. The van der Waals surface area contributed by atoms with Crippen LogP contribution in [-0.4, -0.2) is 19.3 Å².